The zero-order valence-corrected chi connectivity index (χ0v) is 21.3. The molecule has 3 aromatic rings. The summed E-state index contributed by atoms with van der Waals surface area (Å²) in [6.07, 6.45) is 1.46. The molecule has 0 aliphatic carbocycles. The van der Waals surface area contributed by atoms with Gasteiger partial charge in [0.15, 0.2) is 5.13 Å². The first-order valence-electron chi connectivity index (χ1n) is 10.8. The van der Waals surface area contributed by atoms with Gasteiger partial charge in [-0.2, -0.15) is 0 Å². The topological polar surface area (TPSA) is 84.4 Å². The van der Waals surface area contributed by atoms with Crippen molar-refractivity contribution in [1.82, 2.24) is 14.9 Å². The van der Waals surface area contributed by atoms with Gasteiger partial charge in [0.05, 0.1) is 21.3 Å². The van der Waals surface area contributed by atoms with Gasteiger partial charge in [0.25, 0.3) is 0 Å². The molecule has 1 aromatic carbocycles. The monoisotopic (exact) mass is 486 g/mol. The Balaban J connectivity index is 0.000000189. The summed E-state index contributed by atoms with van der Waals surface area (Å²) in [5.74, 6) is 0.443. The van der Waals surface area contributed by atoms with Crippen LogP contribution < -0.4 is 5.32 Å². The SMILES string of the molecule is CC(C)(C)OC(=O)N1CC[C@@H](c2ccccc2)C1.Cc1nc(C)c(-c2csc(NC=O)n2)s1. The molecule has 3 heterocycles. The molecule has 0 saturated carbocycles. The van der Waals surface area contributed by atoms with E-state index in [4.69, 9.17) is 4.74 Å². The Hall–Kier alpha value is -2.78. The minimum Gasteiger partial charge on any atom is -0.444 e. The number of ether oxygens (including phenoxy) is 1. The summed E-state index contributed by atoms with van der Waals surface area (Å²) < 4.78 is 5.39. The highest BCUT2D eigenvalue weighted by Gasteiger charge is 2.30. The molecule has 4 rings (SSSR count). The van der Waals surface area contributed by atoms with Gasteiger partial charge in [0, 0.05) is 24.4 Å². The summed E-state index contributed by atoms with van der Waals surface area (Å²) in [6, 6.07) is 10.4. The Kier molecular flexibility index (Phi) is 8.20. The summed E-state index contributed by atoms with van der Waals surface area (Å²) in [4.78, 5) is 33.7. The van der Waals surface area contributed by atoms with Crippen LogP contribution in [0.2, 0.25) is 0 Å². The van der Waals surface area contributed by atoms with Crippen LogP contribution in [0, 0.1) is 13.8 Å². The van der Waals surface area contributed by atoms with Crippen LogP contribution in [0.25, 0.3) is 10.6 Å². The summed E-state index contributed by atoms with van der Waals surface area (Å²) in [5, 5.41) is 6.10. The highest BCUT2D eigenvalue weighted by Crippen LogP contribution is 2.32. The molecule has 7 nitrogen and oxygen atoms in total. The average Bonchev–Trinajstić information content (AvgIpc) is 3.48. The normalized spacial score (nSPS) is 15.5. The lowest BCUT2D eigenvalue weighted by molar-refractivity contribution is -0.105. The van der Waals surface area contributed by atoms with Gasteiger partial charge in [-0.3, -0.25) is 4.79 Å². The van der Waals surface area contributed by atoms with Crippen molar-refractivity contribution in [3.05, 3.63) is 52.0 Å². The molecule has 1 atom stereocenters. The standard InChI is InChI=1S/C15H21NO2.C9H9N3OS2/c1-15(2,3)18-14(17)16-10-9-13(11-16)12-7-5-4-6-8-12;1-5-8(15-6(2)11-5)7-3-14-9(12-7)10-4-13/h4-8,13H,9-11H2,1-3H3;3-4H,1-2H3,(H,10,12,13)/t13-;/m1./s1. The van der Waals surface area contributed by atoms with Crippen LogP contribution in [0.5, 0.6) is 0 Å². The number of aromatic nitrogens is 2. The van der Waals surface area contributed by atoms with E-state index in [2.05, 4.69) is 27.4 Å². The van der Waals surface area contributed by atoms with E-state index in [1.807, 2.05) is 63.1 Å². The molecule has 1 fully saturated rings. The third-order valence-electron chi connectivity index (χ3n) is 4.93. The second-order valence-corrected chi connectivity index (χ2v) is 10.8. The van der Waals surface area contributed by atoms with Gasteiger partial charge < -0.3 is 15.0 Å². The van der Waals surface area contributed by atoms with Crippen molar-refractivity contribution in [3.63, 3.8) is 0 Å². The van der Waals surface area contributed by atoms with E-state index >= 15 is 0 Å². The molecule has 9 heteroatoms. The number of benzene rings is 1. The van der Waals surface area contributed by atoms with E-state index in [0.29, 0.717) is 17.5 Å². The number of nitrogens with zero attached hydrogens (tertiary/aromatic N) is 3. The second-order valence-electron chi connectivity index (χ2n) is 8.77. The Morgan fingerprint density at radius 2 is 1.94 bits per heavy atom. The van der Waals surface area contributed by atoms with Crippen molar-refractivity contribution in [2.75, 3.05) is 18.4 Å². The lowest BCUT2D eigenvalue weighted by Gasteiger charge is -2.24. The number of carbonyl (C=O) groups is 2. The fraction of sp³-hybridized carbons (Fsp3) is 0.417. The molecule has 0 bridgehead atoms. The van der Waals surface area contributed by atoms with Crippen molar-refractivity contribution in [3.8, 4) is 10.6 Å². The molecule has 0 spiro atoms. The van der Waals surface area contributed by atoms with Crippen molar-refractivity contribution >= 4 is 40.3 Å². The maximum absolute atomic E-state index is 11.9. The molecule has 0 unspecified atom stereocenters. The average molecular weight is 487 g/mol. The summed E-state index contributed by atoms with van der Waals surface area (Å²) >= 11 is 3.03. The van der Waals surface area contributed by atoms with E-state index in [9.17, 15) is 9.59 Å². The molecule has 1 aliphatic heterocycles. The molecule has 176 valence electrons. The van der Waals surface area contributed by atoms with Gasteiger partial charge in [0.2, 0.25) is 6.41 Å². The van der Waals surface area contributed by atoms with Gasteiger partial charge in [-0.15, -0.1) is 22.7 Å². The van der Waals surface area contributed by atoms with Crippen LogP contribution in [0.4, 0.5) is 9.93 Å². The number of anilines is 1. The van der Waals surface area contributed by atoms with Crippen LogP contribution >= 0.6 is 22.7 Å². The van der Waals surface area contributed by atoms with Gasteiger partial charge >= 0.3 is 6.09 Å². The Morgan fingerprint density at radius 1 is 1.21 bits per heavy atom. The number of hydrogen-bond acceptors (Lipinski definition) is 7. The third-order valence-corrected chi connectivity index (χ3v) is 6.80. The highest BCUT2D eigenvalue weighted by molar-refractivity contribution is 7.16. The lowest BCUT2D eigenvalue weighted by atomic mass is 9.99. The van der Waals surface area contributed by atoms with Crippen LogP contribution in [-0.4, -0.2) is 46.1 Å². The lowest BCUT2D eigenvalue weighted by Crippen LogP contribution is -2.35. The fourth-order valence-corrected chi connectivity index (χ4v) is 5.13. The first kappa shape index (κ1) is 24.9. The first-order chi connectivity index (χ1) is 15.7. The van der Waals surface area contributed by atoms with Crippen molar-refractivity contribution < 1.29 is 14.3 Å². The molecule has 1 saturated heterocycles. The molecule has 2 aromatic heterocycles. The van der Waals surface area contributed by atoms with Crippen molar-refractivity contribution in [2.45, 2.75) is 52.6 Å². The first-order valence-corrected chi connectivity index (χ1v) is 12.5. The predicted molar refractivity (Wildman–Crippen MR) is 134 cm³/mol. The number of rotatable bonds is 4. The number of amides is 2. The van der Waals surface area contributed by atoms with Crippen molar-refractivity contribution in [2.24, 2.45) is 0 Å². The van der Waals surface area contributed by atoms with Gasteiger partial charge in [-0.25, -0.2) is 14.8 Å². The highest BCUT2D eigenvalue weighted by atomic mass is 32.1. The van der Waals surface area contributed by atoms with Gasteiger partial charge in [0.1, 0.15) is 5.60 Å². The number of thiazole rings is 2. The van der Waals surface area contributed by atoms with E-state index in [0.717, 1.165) is 40.8 Å². The summed E-state index contributed by atoms with van der Waals surface area (Å²) in [7, 11) is 0. The Morgan fingerprint density at radius 3 is 2.55 bits per heavy atom. The number of nitrogens with one attached hydrogen (secondary N) is 1. The third kappa shape index (κ3) is 7.10. The van der Waals surface area contributed by atoms with E-state index < -0.39 is 5.60 Å². The minimum absolute atomic E-state index is 0.194. The zero-order chi connectivity index (χ0) is 24.0. The van der Waals surface area contributed by atoms with E-state index in [1.54, 1.807) is 11.3 Å². The fourth-order valence-electron chi connectivity index (χ4n) is 3.51. The van der Waals surface area contributed by atoms with Crippen molar-refractivity contribution in [1.29, 1.82) is 0 Å². The molecular weight excluding hydrogens is 456 g/mol. The second kappa shape index (κ2) is 10.9. The maximum Gasteiger partial charge on any atom is 0.410 e. The van der Waals surface area contributed by atoms with Gasteiger partial charge in [-0.1, -0.05) is 30.3 Å². The Bertz CT molecular complexity index is 1070. The zero-order valence-electron chi connectivity index (χ0n) is 19.6. The van der Waals surface area contributed by atoms with E-state index in [-0.39, 0.29) is 6.09 Å². The molecule has 0 radical (unpaired) electrons. The molecule has 1 N–H and O–H groups in total. The quantitative estimate of drug-likeness (QED) is 0.467. The van der Waals surface area contributed by atoms with E-state index in [1.165, 1.54) is 16.9 Å². The maximum atomic E-state index is 11.9. The summed E-state index contributed by atoms with van der Waals surface area (Å²) in [5.41, 5.74) is 2.76. The minimum atomic E-state index is -0.415. The van der Waals surface area contributed by atoms with Crippen LogP contribution in [0.3, 0.4) is 0 Å². The predicted octanol–water partition coefficient (Wildman–Crippen LogP) is 5.86. The molecule has 2 amide bonds. The van der Waals surface area contributed by atoms with Crippen LogP contribution in [-0.2, 0) is 9.53 Å². The number of likely N-dealkylation sites (tertiary alicyclic amines) is 1. The largest absolute Gasteiger partial charge is 0.444 e. The molecule has 33 heavy (non-hydrogen) atoms. The number of aryl methyl sites for hydroxylation is 2. The van der Waals surface area contributed by atoms with Crippen LogP contribution in [0.15, 0.2) is 35.7 Å². The number of carbonyl (C=O) groups excluding carboxylic acids is 2. The van der Waals surface area contributed by atoms with Crippen LogP contribution in [0.1, 0.15) is 49.4 Å². The molecule has 1 aliphatic rings. The Labute approximate surface area is 202 Å². The summed E-state index contributed by atoms with van der Waals surface area (Å²) in [6.45, 7) is 11.2. The number of hydrogen-bond donors (Lipinski definition) is 1. The van der Waals surface area contributed by atoms with Gasteiger partial charge in [-0.05, 0) is 46.6 Å². The smallest absolute Gasteiger partial charge is 0.410 e. The molecular formula is C24H30N4O3S2.